The average molecular weight is 433 g/mol. The van der Waals surface area contributed by atoms with Crippen molar-refractivity contribution in [1.29, 1.82) is 0 Å². The predicted octanol–water partition coefficient (Wildman–Crippen LogP) is 3.31. The number of cyclic esters (lactones) is 1. The van der Waals surface area contributed by atoms with Crippen molar-refractivity contribution in [2.24, 2.45) is 29.6 Å². The van der Waals surface area contributed by atoms with Crippen LogP contribution < -0.4 is 0 Å². The molecule has 1 unspecified atom stereocenters. The van der Waals surface area contributed by atoms with Gasteiger partial charge in [-0.3, -0.25) is 4.79 Å². The van der Waals surface area contributed by atoms with Crippen LogP contribution in [0.3, 0.4) is 0 Å². The topological polar surface area (TPSA) is 93.1 Å². The number of aliphatic hydroxyl groups is 2. The molecule has 6 heteroatoms. The molecule has 4 aliphatic rings. The van der Waals surface area contributed by atoms with Crippen LogP contribution in [-0.4, -0.2) is 45.1 Å². The summed E-state index contributed by atoms with van der Waals surface area (Å²) in [4.78, 5) is 25.5. The Hall–Kier alpha value is -1.50. The largest absolute Gasteiger partial charge is 0.426 e. The molecule has 2 aliphatic heterocycles. The average Bonchev–Trinajstić information content (AvgIpc) is 3.24. The molecule has 0 radical (unpaired) electrons. The van der Waals surface area contributed by atoms with Crippen molar-refractivity contribution in [2.45, 2.75) is 90.3 Å². The molecule has 0 amide bonds. The molecule has 4 rings (SSSR count). The van der Waals surface area contributed by atoms with Crippen molar-refractivity contribution in [3.8, 4) is 0 Å². The van der Waals surface area contributed by atoms with E-state index in [1.54, 1.807) is 6.92 Å². The van der Waals surface area contributed by atoms with Crippen LogP contribution in [0.25, 0.3) is 0 Å². The molecule has 2 N–H and O–H groups in total. The first-order valence-corrected chi connectivity index (χ1v) is 11.6. The van der Waals surface area contributed by atoms with Gasteiger partial charge >= 0.3 is 5.97 Å². The molecule has 9 atom stereocenters. The van der Waals surface area contributed by atoms with E-state index in [4.69, 9.17) is 9.47 Å². The fourth-order valence-corrected chi connectivity index (χ4v) is 6.89. The quantitative estimate of drug-likeness (QED) is 0.523. The summed E-state index contributed by atoms with van der Waals surface area (Å²) in [6.07, 6.45) is 4.96. The van der Waals surface area contributed by atoms with E-state index in [1.165, 1.54) is 6.08 Å². The number of hydrogen-bond acceptors (Lipinski definition) is 6. The van der Waals surface area contributed by atoms with Crippen molar-refractivity contribution in [3.63, 3.8) is 0 Å². The van der Waals surface area contributed by atoms with Crippen LogP contribution in [0.1, 0.15) is 67.2 Å². The third kappa shape index (κ3) is 3.25. The van der Waals surface area contributed by atoms with Gasteiger partial charge in [-0.25, -0.2) is 4.79 Å². The van der Waals surface area contributed by atoms with Gasteiger partial charge in [-0.2, -0.15) is 0 Å². The number of carbonyl (C=O) groups excluding carboxylic acids is 2. The minimum atomic E-state index is -1.69. The van der Waals surface area contributed by atoms with Crippen LogP contribution in [0, 0.1) is 29.6 Å². The first-order valence-electron chi connectivity index (χ1n) is 11.6. The molecule has 0 aromatic carbocycles. The third-order valence-corrected chi connectivity index (χ3v) is 8.60. The molecule has 172 valence electrons. The van der Waals surface area contributed by atoms with Gasteiger partial charge in [0.05, 0.1) is 11.5 Å². The molecule has 2 aliphatic carbocycles. The van der Waals surface area contributed by atoms with E-state index >= 15 is 0 Å². The number of ether oxygens (including phenoxy) is 2. The Morgan fingerprint density at radius 1 is 1.19 bits per heavy atom. The minimum absolute atomic E-state index is 0.0670. The molecule has 6 nitrogen and oxygen atoms in total. The van der Waals surface area contributed by atoms with Gasteiger partial charge in [0.1, 0.15) is 17.5 Å². The first kappa shape index (κ1) is 22.7. The van der Waals surface area contributed by atoms with Gasteiger partial charge in [0.2, 0.25) is 5.79 Å². The molecular formula is C25H36O6. The highest BCUT2D eigenvalue weighted by Crippen LogP contribution is 2.61. The molecule has 2 heterocycles. The lowest BCUT2D eigenvalue weighted by Crippen LogP contribution is -2.62. The van der Waals surface area contributed by atoms with Crippen molar-refractivity contribution in [1.82, 2.24) is 0 Å². The number of esters is 1. The second-order valence-corrected chi connectivity index (χ2v) is 10.9. The number of fused-ring (bicyclic) bond motifs is 2. The van der Waals surface area contributed by atoms with Crippen LogP contribution in [0.2, 0.25) is 0 Å². The molecule has 1 saturated heterocycles. The molecule has 3 fully saturated rings. The maximum Gasteiger partial charge on any atom is 0.333 e. The van der Waals surface area contributed by atoms with Gasteiger partial charge in [-0.05, 0) is 64.7 Å². The first-order chi connectivity index (χ1) is 14.3. The van der Waals surface area contributed by atoms with E-state index < -0.39 is 35.0 Å². The zero-order valence-corrected chi connectivity index (χ0v) is 19.5. The zero-order valence-electron chi connectivity index (χ0n) is 19.5. The summed E-state index contributed by atoms with van der Waals surface area (Å²) in [6, 6.07) is 0. The molecule has 0 spiro atoms. The minimum Gasteiger partial charge on any atom is -0.426 e. The molecule has 31 heavy (non-hydrogen) atoms. The fraction of sp³-hybridized carbons (Fsp3) is 0.760. The summed E-state index contributed by atoms with van der Waals surface area (Å²) >= 11 is 0. The summed E-state index contributed by atoms with van der Waals surface area (Å²) in [5, 5.41) is 23.0. The second kappa shape index (κ2) is 7.26. The van der Waals surface area contributed by atoms with Gasteiger partial charge < -0.3 is 19.7 Å². The SMILES string of the molecule is CC(C)=C[C@H]1O[C@@](C)(CCC2(O)OC(=O)C=C2C)[C@@H]2C(=O)[C@H]3[C@@H](CC[C@@H]3C)[C@H](C)[C@@]21O. The lowest BCUT2D eigenvalue weighted by atomic mass is 9.55. The van der Waals surface area contributed by atoms with Crippen molar-refractivity contribution < 1.29 is 29.3 Å². The molecule has 0 aromatic rings. The van der Waals surface area contributed by atoms with E-state index in [0.717, 1.165) is 18.4 Å². The maximum atomic E-state index is 13.9. The van der Waals surface area contributed by atoms with Gasteiger partial charge in [-0.1, -0.05) is 25.5 Å². The van der Waals surface area contributed by atoms with E-state index in [9.17, 15) is 19.8 Å². The van der Waals surface area contributed by atoms with Gasteiger partial charge in [-0.15, -0.1) is 0 Å². The van der Waals surface area contributed by atoms with Gasteiger partial charge in [0.15, 0.2) is 0 Å². The van der Waals surface area contributed by atoms with E-state index in [2.05, 4.69) is 13.8 Å². The Morgan fingerprint density at radius 3 is 2.45 bits per heavy atom. The summed E-state index contributed by atoms with van der Waals surface area (Å²) < 4.78 is 11.7. The summed E-state index contributed by atoms with van der Waals surface area (Å²) in [5.74, 6) is -2.56. The normalized spacial score (nSPS) is 48.8. The van der Waals surface area contributed by atoms with Gasteiger partial charge in [0, 0.05) is 24.0 Å². The fourth-order valence-electron chi connectivity index (χ4n) is 6.89. The predicted molar refractivity (Wildman–Crippen MR) is 115 cm³/mol. The number of allylic oxidation sites excluding steroid dienone is 1. The summed E-state index contributed by atoms with van der Waals surface area (Å²) in [5.41, 5.74) is -0.809. The van der Waals surface area contributed by atoms with Gasteiger partial charge in [0.25, 0.3) is 0 Å². The molecule has 0 aromatic heterocycles. The Bertz CT molecular complexity index is 856. The van der Waals surface area contributed by atoms with Crippen LogP contribution in [0.15, 0.2) is 23.3 Å². The van der Waals surface area contributed by atoms with E-state index in [-0.39, 0.29) is 36.4 Å². The molecule has 2 saturated carbocycles. The number of hydrogen-bond donors (Lipinski definition) is 2. The Kier molecular flexibility index (Phi) is 5.31. The highest BCUT2D eigenvalue weighted by Gasteiger charge is 2.71. The van der Waals surface area contributed by atoms with E-state index in [0.29, 0.717) is 11.5 Å². The lowest BCUT2D eigenvalue weighted by Gasteiger charge is -2.49. The zero-order chi connectivity index (χ0) is 22.9. The smallest absolute Gasteiger partial charge is 0.333 e. The number of carbonyl (C=O) groups is 2. The van der Waals surface area contributed by atoms with Crippen LogP contribution in [-0.2, 0) is 19.1 Å². The third-order valence-electron chi connectivity index (χ3n) is 8.60. The maximum absolute atomic E-state index is 13.9. The molecular weight excluding hydrogens is 396 g/mol. The highest BCUT2D eigenvalue weighted by molar-refractivity contribution is 5.88. The van der Waals surface area contributed by atoms with Crippen LogP contribution in [0.4, 0.5) is 0 Å². The standard InChI is InChI=1S/C25H36O6/c1-13(2)11-18-25(29)16(5)17-8-7-14(3)20(17)21(27)22(25)23(6,30-18)9-10-24(28)15(4)12-19(26)31-24/h11-12,14,16-18,20,22,28-29H,7-10H2,1-6H3/t14-,16-,17-,18+,20+,22-,23-,24?,25-/m0/s1. The molecule has 0 bridgehead atoms. The van der Waals surface area contributed by atoms with Crippen molar-refractivity contribution in [3.05, 3.63) is 23.3 Å². The summed E-state index contributed by atoms with van der Waals surface area (Å²) in [7, 11) is 0. The Labute approximate surface area is 184 Å². The second-order valence-electron chi connectivity index (χ2n) is 10.9. The van der Waals surface area contributed by atoms with Crippen LogP contribution >= 0.6 is 0 Å². The van der Waals surface area contributed by atoms with E-state index in [1.807, 2.05) is 26.8 Å². The Balaban J connectivity index is 1.71. The van der Waals surface area contributed by atoms with Crippen LogP contribution in [0.5, 0.6) is 0 Å². The highest BCUT2D eigenvalue weighted by atomic mass is 16.7. The summed E-state index contributed by atoms with van der Waals surface area (Å²) in [6.45, 7) is 11.6. The number of Topliss-reactive ketones (excluding diaryl/α,β-unsaturated/α-hetero) is 1. The lowest BCUT2D eigenvalue weighted by molar-refractivity contribution is -0.188. The number of rotatable bonds is 4. The number of ketones is 1. The van der Waals surface area contributed by atoms with Crippen molar-refractivity contribution in [2.75, 3.05) is 0 Å². The monoisotopic (exact) mass is 432 g/mol. The Morgan fingerprint density at radius 2 is 1.87 bits per heavy atom. The van der Waals surface area contributed by atoms with Crippen molar-refractivity contribution >= 4 is 11.8 Å².